The second-order valence-electron chi connectivity index (χ2n) is 3.61. The average molecular weight is 280 g/mol. The number of rotatable bonds is 9. The molecule has 3 unspecified atom stereocenters. The number of ether oxygens (including phenoxy) is 6. The molecule has 0 amide bonds. The molecule has 0 bridgehead atoms. The van der Waals surface area contributed by atoms with Crippen molar-refractivity contribution in [1.29, 1.82) is 0 Å². The molecule has 6 nitrogen and oxygen atoms in total. The van der Waals surface area contributed by atoms with Crippen molar-refractivity contribution >= 4 is 10.2 Å². The third kappa shape index (κ3) is 6.85. The first-order valence-corrected chi connectivity index (χ1v) is 6.73. The maximum absolute atomic E-state index is 5.51. The van der Waals surface area contributed by atoms with Gasteiger partial charge in [0.05, 0.1) is 10.2 Å². The van der Waals surface area contributed by atoms with Gasteiger partial charge in [0, 0.05) is 21.3 Å². The van der Waals surface area contributed by atoms with Gasteiger partial charge in [-0.3, -0.25) is 0 Å². The van der Waals surface area contributed by atoms with E-state index in [1.807, 2.05) is 0 Å². The SMILES string of the molecule is COC(C)OC([SiH3])=C(OC(C)OC)OC(C)OC. The molecular formula is C11H24O6Si. The second kappa shape index (κ2) is 9.20. The number of hydrogen-bond acceptors (Lipinski definition) is 6. The summed E-state index contributed by atoms with van der Waals surface area (Å²) in [5, 5.41) is 0.595. The zero-order chi connectivity index (χ0) is 14.1. The van der Waals surface area contributed by atoms with Crippen LogP contribution in [0.4, 0.5) is 0 Å². The average Bonchev–Trinajstić information content (AvgIpc) is 2.36. The van der Waals surface area contributed by atoms with Crippen molar-refractivity contribution in [2.24, 2.45) is 0 Å². The standard InChI is InChI=1S/C11H24O6Si/c1-7(12-4)15-10(16-8(2)13-5)11(18)17-9(3)14-6/h7-9H,1-6,18H3. The van der Waals surface area contributed by atoms with Crippen LogP contribution < -0.4 is 0 Å². The zero-order valence-electron chi connectivity index (χ0n) is 12.2. The quantitative estimate of drug-likeness (QED) is 0.348. The van der Waals surface area contributed by atoms with Gasteiger partial charge in [0.25, 0.3) is 0 Å². The Morgan fingerprint density at radius 2 is 1.06 bits per heavy atom. The molecule has 0 aliphatic carbocycles. The highest BCUT2D eigenvalue weighted by atomic mass is 28.1. The molecule has 108 valence electrons. The van der Waals surface area contributed by atoms with E-state index >= 15 is 0 Å². The lowest BCUT2D eigenvalue weighted by atomic mass is 10.7. The number of methoxy groups -OCH3 is 3. The Hall–Kier alpha value is -0.763. The Morgan fingerprint density at radius 3 is 1.39 bits per heavy atom. The van der Waals surface area contributed by atoms with Crippen LogP contribution in [0.25, 0.3) is 0 Å². The monoisotopic (exact) mass is 280 g/mol. The Kier molecular flexibility index (Phi) is 8.81. The van der Waals surface area contributed by atoms with Gasteiger partial charge in [0.1, 0.15) is 5.38 Å². The molecule has 0 aliphatic heterocycles. The van der Waals surface area contributed by atoms with Crippen molar-refractivity contribution in [3.63, 3.8) is 0 Å². The van der Waals surface area contributed by atoms with E-state index in [1.54, 1.807) is 42.1 Å². The van der Waals surface area contributed by atoms with E-state index in [-0.39, 0.29) is 12.2 Å². The largest absolute Gasteiger partial charge is 0.469 e. The van der Waals surface area contributed by atoms with Crippen LogP contribution in [0, 0.1) is 0 Å². The molecule has 0 fully saturated rings. The first-order chi connectivity index (χ1) is 8.44. The van der Waals surface area contributed by atoms with E-state index in [0.717, 1.165) is 0 Å². The van der Waals surface area contributed by atoms with Gasteiger partial charge >= 0.3 is 5.95 Å². The summed E-state index contributed by atoms with van der Waals surface area (Å²) in [4.78, 5) is 0. The van der Waals surface area contributed by atoms with Crippen LogP contribution in [0.3, 0.4) is 0 Å². The molecular weight excluding hydrogens is 256 g/mol. The predicted molar refractivity (Wildman–Crippen MR) is 69.6 cm³/mol. The molecule has 18 heavy (non-hydrogen) atoms. The summed E-state index contributed by atoms with van der Waals surface area (Å²) in [7, 11) is 5.27. The first kappa shape index (κ1) is 17.2. The van der Waals surface area contributed by atoms with Gasteiger partial charge in [-0.25, -0.2) is 0 Å². The Labute approximate surface area is 112 Å². The zero-order valence-corrected chi connectivity index (χ0v) is 14.2. The summed E-state index contributed by atoms with van der Waals surface area (Å²) in [5.74, 6) is 0.272. The van der Waals surface area contributed by atoms with Gasteiger partial charge < -0.3 is 28.4 Å². The summed E-state index contributed by atoms with van der Waals surface area (Å²) in [6, 6.07) is 0. The van der Waals surface area contributed by atoms with Crippen molar-refractivity contribution < 1.29 is 28.4 Å². The lowest BCUT2D eigenvalue weighted by Crippen LogP contribution is -2.21. The van der Waals surface area contributed by atoms with E-state index < -0.39 is 12.6 Å². The van der Waals surface area contributed by atoms with E-state index in [9.17, 15) is 0 Å². The molecule has 0 aromatic heterocycles. The second-order valence-corrected chi connectivity index (χ2v) is 4.52. The number of hydrogen-bond donors (Lipinski definition) is 0. The van der Waals surface area contributed by atoms with E-state index in [1.165, 1.54) is 0 Å². The van der Waals surface area contributed by atoms with E-state index in [4.69, 9.17) is 28.4 Å². The minimum absolute atomic E-state index is 0.272. The highest BCUT2D eigenvalue weighted by Crippen LogP contribution is 2.15. The van der Waals surface area contributed by atoms with Gasteiger partial charge in [-0.1, -0.05) is 0 Å². The first-order valence-electron chi connectivity index (χ1n) is 5.73. The Bertz CT molecular complexity index is 244. The summed E-state index contributed by atoms with van der Waals surface area (Å²) in [6.45, 7) is 5.31. The fraction of sp³-hybridized carbons (Fsp3) is 0.818. The molecule has 3 atom stereocenters. The van der Waals surface area contributed by atoms with Gasteiger partial charge in [0.15, 0.2) is 18.9 Å². The van der Waals surface area contributed by atoms with Gasteiger partial charge in [-0.05, 0) is 20.8 Å². The van der Waals surface area contributed by atoms with Crippen LogP contribution >= 0.6 is 0 Å². The lowest BCUT2D eigenvalue weighted by Gasteiger charge is -2.22. The van der Waals surface area contributed by atoms with Crippen molar-refractivity contribution in [2.45, 2.75) is 39.6 Å². The Balaban J connectivity index is 4.74. The predicted octanol–water partition coefficient (Wildman–Crippen LogP) is 0.505. The molecule has 0 spiro atoms. The third-order valence-electron chi connectivity index (χ3n) is 2.17. The topological polar surface area (TPSA) is 55.4 Å². The highest BCUT2D eigenvalue weighted by Gasteiger charge is 2.16. The van der Waals surface area contributed by atoms with Crippen LogP contribution in [0.2, 0.25) is 0 Å². The maximum atomic E-state index is 5.51. The van der Waals surface area contributed by atoms with Gasteiger partial charge in [-0.2, -0.15) is 0 Å². The molecule has 0 aromatic carbocycles. The third-order valence-corrected chi connectivity index (χ3v) is 2.82. The van der Waals surface area contributed by atoms with Crippen LogP contribution in [0.5, 0.6) is 0 Å². The van der Waals surface area contributed by atoms with E-state index in [2.05, 4.69) is 0 Å². The van der Waals surface area contributed by atoms with Gasteiger partial charge in [-0.15, -0.1) is 0 Å². The summed E-state index contributed by atoms with van der Waals surface area (Å²) < 4.78 is 31.6. The van der Waals surface area contributed by atoms with Crippen LogP contribution in [-0.2, 0) is 28.4 Å². The Morgan fingerprint density at radius 1 is 0.722 bits per heavy atom. The lowest BCUT2D eigenvalue weighted by molar-refractivity contribution is -0.182. The van der Waals surface area contributed by atoms with Crippen LogP contribution in [0.1, 0.15) is 20.8 Å². The molecule has 0 radical (unpaired) electrons. The highest BCUT2D eigenvalue weighted by molar-refractivity contribution is 6.20. The molecule has 0 heterocycles. The van der Waals surface area contributed by atoms with Crippen molar-refractivity contribution in [2.75, 3.05) is 21.3 Å². The van der Waals surface area contributed by atoms with Crippen LogP contribution in [0.15, 0.2) is 11.3 Å². The summed E-state index contributed by atoms with van der Waals surface area (Å²) >= 11 is 0. The smallest absolute Gasteiger partial charge is 0.317 e. The minimum Gasteiger partial charge on any atom is -0.469 e. The fourth-order valence-electron chi connectivity index (χ4n) is 0.937. The van der Waals surface area contributed by atoms with Crippen LogP contribution in [-0.4, -0.2) is 50.4 Å². The molecule has 0 rings (SSSR count). The normalized spacial score (nSPS) is 15.7. The van der Waals surface area contributed by atoms with Gasteiger partial charge in [0.2, 0.25) is 0 Å². The van der Waals surface area contributed by atoms with Crippen molar-refractivity contribution in [3.05, 3.63) is 11.3 Å². The molecule has 7 heteroatoms. The molecule has 0 N–H and O–H groups in total. The van der Waals surface area contributed by atoms with E-state index in [0.29, 0.717) is 15.6 Å². The molecule has 0 aromatic rings. The maximum Gasteiger partial charge on any atom is 0.317 e. The van der Waals surface area contributed by atoms with Crippen molar-refractivity contribution in [3.8, 4) is 0 Å². The fourth-order valence-corrected chi connectivity index (χ4v) is 1.50. The summed E-state index contributed by atoms with van der Waals surface area (Å²) in [6.07, 6.45) is -1.24. The summed E-state index contributed by atoms with van der Waals surface area (Å²) in [5.41, 5.74) is 0. The minimum atomic E-state index is -0.436. The molecule has 0 saturated heterocycles. The van der Waals surface area contributed by atoms with Crippen molar-refractivity contribution in [1.82, 2.24) is 0 Å². The molecule has 0 saturated carbocycles. The molecule has 0 aliphatic rings.